The average Bonchev–Trinajstić information content (AvgIpc) is 2.14. The van der Waals surface area contributed by atoms with Crippen molar-refractivity contribution < 1.29 is 31.1 Å². The standard InChI is InChI=1S/C9H16F3NO4S/c1-3-17-8(14)7(2)13-18(15,16)6-4-5-9(10,11)12/h7,13H,3-6H2,1-2H3. The summed E-state index contributed by atoms with van der Waals surface area (Å²) in [6, 6.07) is -1.11. The Bertz CT molecular complexity index is 366. The van der Waals surface area contributed by atoms with E-state index in [0.29, 0.717) is 0 Å². The molecular formula is C9H16F3NO4S. The summed E-state index contributed by atoms with van der Waals surface area (Å²) in [5.74, 6) is -1.45. The summed E-state index contributed by atoms with van der Waals surface area (Å²) >= 11 is 0. The summed E-state index contributed by atoms with van der Waals surface area (Å²) in [7, 11) is -3.92. The van der Waals surface area contributed by atoms with Gasteiger partial charge in [-0.05, 0) is 20.3 Å². The molecule has 108 valence electrons. The van der Waals surface area contributed by atoms with Crippen molar-refractivity contribution in [2.24, 2.45) is 0 Å². The number of hydrogen-bond donors (Lipinski definition) is 1. The highest BCUT2D eigenvalue weighted by atomic mass is 32.2. The van der Waals surface area contributed by atoms with Gasteiger partial charge in [0.2, 0.25) is 10.0 Å². The van der Waals surface area contributed by atoms with Crippen molar-refractivity contribution in [3.05, 3.63) is 0 Å². The minimum absolute atomic E-state index is 0.0962. The normalized spacial score (nSPS) is 14.3. The monoisotopic (exact) mass is 291 g/mol. The highest BCUT2D eigenvalue weighted by Crippen LogP contribution is 2.21. The van der Waals surface area contributed by atoms with Gasteiger partial charge in [-0.25, -0.2) is 13.1 Å². The van der Waals surface area contributed by atoms with Crippen LogP contribution < -0.4 is 4.72 Å². The molecule has 0 aromatic heterocycles. The second-order valence-electron chi connectivity index (χ2n) is 3.63. The lowest BCUT2D eigenvalue weighted by atomic mass is 10.3. The molecular weight excluding hydrogens is 275 g/mol. The molecule has 0 heterocycles. The van der Waals surface area contributed by atoms with Crippen LogP contribution >= 0.6 is 0 Å². The Morgan fingerprint density at radius 2 is 1.94 bits per heavy atom. The number of carbonyl (C=O) groups is 1. The van der Waals surface area contributed by atoms with Crippen LogP contribution in [0.15, 0.2) is 0 Å². The fraction of sp³-hybridized carbons (Fsp3) is 0.889. The molecule has 0 fully saturated rings. The molecule has 1 N–H and O–H groups in total. The first-order valence-electron chi connectivity index (χ1n) is 5.31. The fourth-order valence-corrected chi connectivity index (χ4v) is 2.38. The number of alkyl halides is 3. The van der Waals surface area contributed by atoms with Crippen LogP contribution in [0.4, 0.5) is 13.2 Å². The van der Waals surface area contributed by atoms with Crippen LogP contribution in [0.1, 0.15) is 26.7 Å². The largest absolute Gasteiger partial charge is 0.465 e. The predicted octanol–water partition coefficient (Wildman–Crippen LogP) is 1.20. The van der Waals surface area contributed by atoms with Crippen molar-refractivity contribution in [3.8, 4) is 0 Å². The van der Waals surface area contributed by atoms with Crippen LogP contribution in [0.3, 0.4) is 0 Å². The zero-order chi connectivity index (χ0) is 14.4. The van der Waals surface area contributed by atoms with Gasteiger partial charge in [-0.15, -0.1) is 0 Å². The number of esters is 1. The van der Waals surface area contributed by atoms with Gasteiger partial charge >= 0.3 is 12.1 Å². The smallest absolute Gasteiger partial charge is 0.389 e. The first-order valence-corrected chi connectivity index (χ1v) is 6.96. The summed E-state index contributed by atoms with van der Waals surface area (Å²) in [4.78, 5) is 11.1. The van der Waals surface area contributed by atoms with E-state index in [1.54, 1.807) is 6.92 Å². The van der Waals surface area contributed by atoms with E-state index in [9.17, 15) is 26.4 Å². The lowest BCUT2D eigenvalue weighted by Gasteiger charge is -2.13. The first kappa shape index (κ1) is 17.2. The van der Waals surface area contributed by atoms with Gasteiger partial charge in [0.1, 0.15) is 6.04 Å². The van der Waals surface area contributed by atoms with E-state index < -0.39 is 46.8 Å². The Balaban J connectivity index is 4.19. The minimum atomic E-state index is -4.39. The second kappa shape index (κ2) is 6.93. The van der Waals surface area contributed by atoms with E-state index in [4.69, 9.17) is 0 Å². The van der Waals surface area contributed by atoms with Gasteiger partial charge in [0.15, 0.2) is 0 Å². The van der Waals surface area contributed by atoms with Gasteiger partial charge in [0.05, 0.1) is 12.4 Å². The molecule has 1 atom stereocenters. The van der Waals surface area contributed by atoms with Crippen molar-refractivity contribution in [2.75, 3.05) is 12.4 Å². The van der Waals surface area contributed by atoms with Crippen molar-refractivity contribution in [1.82, 2.24) is 4.72 Å². The Kier molecular flexibility index (Phi) is 6.61. The molecule has 1 unspecified atom stereocenters. The van der Waals surface area contributed by atoms with E-state index in [1.165, 1.54) is 6.92 Å². The molecule has 0 aliphatic carbocycles. The van der Waals surface area contributed by atoms with Crippen LogP contribution in [-0.2, 0) is 19.6 Å². The number of sulfonamides is 1. The summed E-state index contributed by atoms with van der Waals surface area (Å²) in [6.07, 6.45) is -6.11. The molecule has 18 heavy (non-hydrogen) atoms. The zero-order valence-corrected chi connectivity index (χ0v) is 10.9. The topological polar surface area (TPSA) is 72.5 Å². The average molecular weight is 291 g/mol. The first-order chi connectivity index (χ1) is 8.07. The van der Waals surface area contributed by atoms with E-state index in [-0.39, 0.29) is 6.61 Å². The molecule has 0 aliphatic rings. The minimum Gasteiger partial charge on any atom is -0.465 e. The summed E-state index contributed by atoms with van der Waals surface area (Å²) < 4.78 is 64.7. The molecule has 0 spiro atoms. The van der Waals surface area contributed by atoms with Gasteiger partial charge in [-0.1, -0.05) is 0 Å². The third-order valence-corrected chi connectivity index (χ3v) is 3.41. The quantitative estimate of drug-likeness (QED) is 0.715. The molecule has 0 bridgehead atoms. The summed E-state index contributed by atoms with van der Waals surface area (Å²) in [5.41, 5.74) is 0. The van der Waals surface area contributed by atoms with E-state index >= 15 is 0 Å². The number of carbonyl (C=O) groups excluding carboxylic acids is 1. The van der Waals surface area contributed by atoms with Gasteiger partial charge in [0.25, 0.3) is 0 Å². The van der Waals surface area contributed by atoms with Gasteiger partial charge in [-0.3, -0.25) is 4.79 Å². The molecule has 0 aromatic carbocycles. The third-order valence-electron chi connectivity index (χ3n) is 1.87. The van der Waals surface area contributed by atoms with Crippen molar-refractivity contribution in [1.29, 1.82) is 0 Å². The van der Waals surface area contributed by atoms with Crippen molar-refractivity contribution >= 4 is 16.0 Å². The Hall–Kier alpha value is -0.830. The molecule has 0 amide bonds. The van der Waals surface area contributed by atoms with Crippen LogP contribution in [-0.4, -0.2) is 39.0 Å². The van der Waals surface area contributed by atoms with Crippen LogP contribution in [0, 0.1) is 0 Å². The maximum atomic E-state index is 11.8. The Morgan fingerprint density at radius 1 is 1.39 bits per heavy atom. The predicted molar refractivity (Wildman–Crippen MR) is 58.3 cm³/mol. The van der Waals surface area contributed by atoms with Gasteiger partial charge < -0.3 is 4.74 Å². The summed E-state index contributed by atoms with van der Waals surface area (Å²) in [6.45, 7) is 2.92. The number of rotatable bonds is 7. The number of hydrogen-bond acceptors (Lipinski definition) is 4. The second-order valence-corrected chi connectivity index (χ2v) is 5.50. The number of ether oxygens (including phenoxy) is 1. The molecule has 5 nitrogen and oxygen atoms in total. The zero-order valence-electron chi connectivity index (χ0n) is 10.1. The lowest BCUT2D eigenvalue weighted by Crippen LogP contribution is -2.40. The molecule has 0 aromatic rings. The maximum Gasteiger partial charge on any atom is 0.389 e. The van der Waals surface area contributed by atoms with Crippen molar-refractivity contribution in [2.45, 2.75) is 38.9 Å². The van der Waals surface area contributed by atoms with E-state index in [0.717, 1.165) is 0 Å². The van der Waals surface area contributed by atoms with Crippen LogP contribution in [0.2, 0.25) is 0 Å². The van der Waals surface area contributed by atoms with Gasteiger partial charge in [-0.2, -0.15) is 13.2 Å². The molecule has 0 radical (unpaired) electrons. The van der Waals surface area contributed by atoms with Crippen LogP contribution in [0.25, 0.3) is 0 Å². The third kappa shape index (κ3) is 8.29. The SMILES string of the molecule is CCOC(=O)C(C)NS(=O)(=O)CCCC(F)(F)F. The van der Waals surface area contributed by atoms with Crippen molar-refractivity contribution in [3.63, 3.8) is 0 Å². The molecule has 0 saturated heterocycles. The molecule has 0 saturated carbocycles. The number of halogens is 3. The molecule has 0 rings (SSSR count). The summed E-state index contributed by atoms with van der Waals surface area (Å²) in [5, 5.41) is 0. The molecule has 0 aliphatic heterocycles. The number of nitrogens with one attached hydrogen (secondary N) is 1. The van der Waals surface area contributed by atoms with E-state index in [2.05, 4.69) is 4.74 Å². The van der Waals surface area contributed by atoms with Gasteiger partial charge in [0, 0.05) is 6.42 Å². The Morgan fingerprint density at radius 3 is 2.39 bits per heavy atom. The highest BCUT2D eigenvalue weighted by Gasteiger charge is 2.28. The molecule has 9 heteroatoms. The highest BCUT2D eigenvalue weighted by molar-refractivity contribution is 7.89. The Labute approximate surface area is 104 Å². The maximum absolute atomic E-state index is 11.8. The fourth-order valence-electron chi connectivity index (χ4n) is 1.11. The lowest BCUT2D eigenvalue weighted by molar-refractivity contribution is -0.144. The van der Waals surface area contributed by atoms with Crippen LogP contribution in [0.5, 0.6) is 0 Å². The van der Waals surface area contributed by atoms with E-state index in [1.807, 2.05) is 4.72 Å².